The predicted molar refractivity (Wildman–Crippen MR) is 72.7 cm³/mol. The van der Waals surface area contributed by atoms with E-state index in [4.69, 9.17) is 11.5 Å². The molecule has 4 nitrogen and oxygen atoms in total. The van der Waals surface area contributed by atoms with Crippen molar-refractivity contribution in [1.82, 2.24) is 4.98 Å². The van der Waals surface area contributed by atoms with Gasteiger partial charge in [0.2, 0.25) is 0 Å². The van der Waals surface area contributed by atoms with Crippen LogP contribution in [0.15, 0.2) is 53.7 Å². The van der Waals surface area contributed by atoms with Crippen LogP contribution in [-0.4, -0.2) is 10.8 Å². The van der Waals surface area contributed by atoms with E-state index in [2.05, 4.69) is 9.98 Å². The van der Waals surface area contributed by atoms with Crippen LogP contribution in [0.5, 0.6) is 0 Å². The summed E-state index contributed by atoms with van der Waals surface area (Å²) in [5.74, 6) is 0.994. The molecular formula is C12H13ClN4. The molecule has 0 atom stereocenters. The van der Waals surface area contributed by atoms with Crippen LogP contribution in [0.4, 0.5) is 11.5 Å². The zero-order valence-electron chi connectivity index (χ0n) is 9.08. The van der Waals surface area contributed by atoms with Crippen LogP contribution in [0.25, 0.3) is 0 Å². The molecule has 0 aliphatic rings. The van der Waals surface area contributed by atoms with E-state index < -0.39 is 0 Å². The normalized spacial score (nSPS) is 10.7. The Morgan fingerprint density at radius 3 is 2.59 bits per heavy atom. The van der Waals surface area contributed by atoms with Crippen LogP contribution < -0.4 is 11.5 Å². The number of benzene rings is 1. The fourth-order valence-electron chi connectivity index (χ4n) is 1.31. The highest BCUT2D eigenvalue weighted by Gasteiger charge is 1.99. The highest BCUT2D eigenvalue weighted by Crippen LogP contribution is 2.10. The molecule has 0 saturated heterocycles. The predicted octanol–water partition coefficient (Wildman–Crippen LogP) is 2.12. The van der Waals surface area contributed by atoms with Gasteiger partial charge in [-0.25, -0.2) is 9.98 Å². The van der Waals surface area contributed by atoms with Crippen molar-refractivity contribution < 1.29 is 0 Å². The van der Waals surface area contributed by atoms with Crippen LogP contribution in [0.2, 0.25) is 0 Å². The smallest absolute Gasteiger partial charge is 0.154 e. The second-order valence-corrected chi connectivity index (χ2v) is 3.31. The van der Waals surface area contributed by atoms with E-state index in [0.29, 0.717) is 17.3 Å². The van der Waals surface area contributed by atoms with Gasteiger partial charge in [-0.3, -0.25) is 0 Å². The van der Waals surface area contributed by atoms with Crippen molar-refractivity contribution in [2.45, 2.75) is 0 Å². The van der Waals surface area contributed by atoms with Crippen molar-refractivity contribution in [2.24, 2.45) is 10.7 Å². The molecule has 17 heavy (non-hydrogen) atoms. The molecule has 88 valence electrons. The summed E-state index contributed by atoms with van der Waals surface area (Å²) in [7, 11) is 0. The third-order valence-corrected chi connectivity index (χ3v) is 2.07. The number of pyridine rings is 1. The highest BCUT2D eigenvalue weighted by molar-refractivity contribution is 5.99. The fraction of sp³-hybridized carbons (Fsp3) is 0. The molecule has 0 spiro atoms. The molecule has 4 N–H and O–H groups in total. The van der Waals surface area contributed by atoms with E-state index in [0.717, 1.165) is 5.56 Å². The third-order valence-electron chi connectivity index (χ3n) is 2.07. The van der Waals surface area contributed by atoms with Gasteiger partial charge in [0.25, 0.3) is 0 Å². The number of anilines is 1. The number of aromatic nitrogens is 1. The Balaban J connectivity index is 0.00000144. The summed E-state index contributed by atoms with van der Waals surface area (Å²) in [6, 6.07) is 12.8. The molecule has 0 aliphatic carbocycles. The van der Waals surface area contributed by atoms with Crippen LogP contribution in [0.1, 0.15) is 5.56 Å². The summed E-state index contributed by atoms with van der Waals surface area (Å²) in [5.41, 5.74) is 13.0. The maximum Gasteiger partial charge on any atom is 0.154 e. The first-order valence-corrected chi connectivity index (χ1v) is 4.87. The number of nitrogens with zero attached hydrogens (tertiary/aromatic N) is 2. The number of nitrogens with two attached hydrogens (primary N) is 2. The van der Waals surface area contributed by atoms with Gasteiger partial charge in [-0.2, -0.15) is 0 Å². The SMILES string of the molecule is Cl.N/C(=N\c1ccccn1)c1cccc(N)c1. The van der Waals surface area contributed by atoms with Gasteiger partial charge < -0.3 is 11.5 Å². The van der Waals surface area contributed by atoms with E-state index in [1.165, 1.54) is 0 Å². The summed E-state index contributed by atoms with van der Waals surface area (Å²) in [5, 5.41) is 0. The first kappa shape index (κ1) is 13.0. The number of hydrogen-bond donors (Lipinski definition) is 2. The lowest BCUT2D eigenvalue weighted by Crippen LogP contribution is -2.13. The monoisotopic (exact) mass is 248 g/mol. The Bertz CT molecular complexity index is 511. The third kappa shape index (κ3) is 3.46. The largest absolute Gasteiger partial charge is 0.399 e. The van der Waals surface area contributed by atoms with Crippen molar-refractivity contribution in [3.05, 3.63) is 54.2 Å². The average Bonchev–Trinajstić information content (AvgIpc) is 2.30. The molecule has 0 saturated carbocycles. The Labute approximate surface area is 106 Å². The zero-order valence-corrected chi connectivity index (χ0v) is 9.89. The van der Waals surface area contributed by atoms with Crippen molar-refractivity contribution in [3.8, 4) is 0 Å². The van der Waals surface area contributed by atoms with Crippen LogP contribution in [0.3, 0.4) is 0 Å². The lowest BCUT2D eigenvalue weighted by molar-refractivity contribution is 1.26. The maximum atomic E-state index is 5.85. The first-order chi connectivity index (χ1) is 7.75. The summed E-state index contributed by atoms with van der Waals surface area (Å²) < 4.78 is 0. The Morgan fingerprint density at radius 2 is 1.94 bits per heavy atom. The molecule has 2 aromatic rings. The second kappa shape index (κ2) is 5.86. The van der Waals surface area contributed by atoms with Crippen LogP contribution >= 0.6 is 12.4 Å². The standard InChI is InChI=1S/C12H12N4.ClH/c13-10-5-3-4-9(8-10)12(14)16-11-6-1-2-7-15-11;/h1-8H,13H2,(H2,14,15,16);1H. The van der Waals surface area contributed by atoms with Gasteiger partial charge in [0.15, 0.2) is 5.82 Å². The van der Waals surface area contributed by atoms with Gasteiger partial charge in [0.1, 0.15) is 5.84 Å². The molecule has 1 aromatic heterocycles. The summed E-state index contributed by atoms with van der Waals surface area (Å²) in [4.78, 5) is 8.27. The van der Waals surface area contributed by atoms with Crippen molar-refractivity contribution >= 4 is 29.7 Å². The summed E-state index contributed by atoms with van der Waals surface area (Å²) in [6.45, 7) is 0. The lowest BCUT2D eigenvalue weighted by atomic mass is 10.2. The van der Waals surface area contributed by atoms with Gasteiger partial charge >= 0.3 is 0 Å². The molecule has 0 aliphatic heterocycles. The number of halogens is 1. The Hall–Kier alpha value is -2.07. The van der Waals surface area contributed by atoms with Crippen molar-refractivity contribution in [3.63, 3.8) is 0 Å². The topological polar surface area (TPSA) is 77.3 Å². The van der Waals surface area contributed by atoms with E-state index in [9.17, 15) is 0 Å². The van der Waals surface area contributed by atoms with Crippen molar-refractivity contribution in [2.75, 3.05) is 5.73 Å². The fourth-order valence-corrected chi connectivity index (χ4v) is 1.31. The number of aliphatic imine (C=N–C) groups is 1. The van der Waals surface area contributed by atoms with Crippen LogP contribution in [0, 0.1) is 0 Å². The molecule has 5 heteroatoms. The number of hydrogen-bond acceptors (Lipinski definition) is 3. The maximum absolute atomic E-state index is 5.85. The molecule has 0 radical (unpaired) electrons. The highest BCUT2D eigenvalue weighted by atomic mass is 35.5. The molecule has 2 rings (SSSR count). The number of rotatable bonds is 2. The molecule has 0 bridgehead atoms. The van der Waals surface area contributed by atoms with Gasteiger partial charge in [-0.1, -0.05) is 18.2 Å². The van der Waals surface area contributed by atoms with Gasteiger partial charge in [0.05, 0.1) is 0 Å². The molecule has 0 fully saturated rings. The molecule has 1 aromatic carbocycles. The Kier molecular flexibility index (Phi) is 4.48. The number of nitrogen functional groups attached to an aromatic ring is 1. The van der Waals surface area contributed by atoms with Gasteiger partial charge in [-0.05, 0) is 24.3 Å². The van der Waals surface area contributed by atoms with Gasteiger partial charge in [0, 0.05) is 17.4 Å². The number of amidine groups is 1. The lowest BCUT2D eigenvalue weighted by Gasteiger charge is -2.01. The summed E-state index contributed by atoms with van der Waals surface area (Å²) in [6.07, 6.45) is 1.67. The quantitative estimate of drug-likeness (QED) is 0.486. The Morgan fingerprint density at radius 1 is 1.12 bits per heavy atom. The van der Waals surface area contributed by atoms with Crippen molar-refractivity contribution in [1.29, 1.82) is 0 Å². The van der Waals surface area contributed by atoms with E-state index in [-0.39, 0.29) is 12.4 Å². The first-order valence-electron chi connectivity index (χ1n) is 4.87. The minimum Gasteiger partial charge on any atom is -0.399 e. The van der Waals surface area contributed by atoms with E-state index >= 15 is 0 Å². The van der Waals surface area contributed by atoms with Crippen LogP contribution in [-0.2, 0) is 0 Å². The minimum absolute atomic E-state index is 0. The summed E-state index contributed by atoms with van der Waals surface area (Å²) >= 11 is 0. The van der Waals surface area contributed by atoms with E-state index in [1.54, 1.807) is 24.4 Å². The van der Waals surface area contributed by atoms with E-state index in [1.807, 2.05) is 24.3 Å². The second-order valence-electron chi connectivity index (χ2n) is 3.31. The minimum atomic E-state index is 0. The molecule has 0 unspecified atom stereocenters. The molecule has 1 heterocycles. The molecule has 0 amide bonds. The molecular weight excluding hydrogens is 236 g/mol. The zero-order chi connectivity index (χ0) is 11.4. The average molecular weight is 249 g/mol. The van der Waals surface area contributed by atoms with Gasteiger partial charge in [-0.15, -0.1) is 12.4 Å².